The third-order valence-corrected chi connectivity index (χ3v) is 8.63. The van der Waals surface area contributed by atoms with Crippen LogP contribution in [0, 0.1) is 0 Å². The van der Waals surface area contributed by atoms with Gasteiger partial charge in [0.1, 0.15) is 0 Å². The van der Waals surface area contributed by atoms with Gasteiger partial charge in [0.2, 0.25) is 0 Å². The molecule has 0 amide bonds. The highest BCUT2D eigenvalue weighted by Gasteiger charge is 2.26. The maximum atomic E-state index is 3.79. The Morgan fingerprint density at radius 1 is 0.385 bits per heavy atom. The summed E-state index contributed by atoms with van der Waals surface area (Å²) in [6, 6.07) is 44.3. The third-order valence-electron chi connectivity index (χ3n) is 8.63. The van der Waals surface area contributed by atoms with E-state index in [0.717, 1.165) is 6.42 Å². The summed E-state index contributed by atoms with van der Waals surface area (Å²) in [5.41, 5.74) is 15.4. The van der Waals surface area contributed by atoms with Gasteiger partial charge in [0.05, 0.1) is 11.0 Å². The van der Waals surface area contributed by atoms with Crippen molar-refractivity contribution in [3.8, 4) is 33.4 Å². The van der Waals surface area contributed by atoms with E-state index in [2.05, 4.69) is 131 Å². The first-order valence-electron chi connectivity index (χ1n) is 13.6. The van der Waals surface area contributed by atoms with Crippen molar-refractivity contribution in [3.05, 3.63) is 132 Å². The Kier molecular flexibility index (Phi) is 4.14. The number of hydrogen-bond donors (Lipinski definition) is 2. The summed E-state index contributed by atoms with van der Waals surface area (Å²) in [4.78, 5) is 7.55. The summed E-state index contributed by atoms with van der Waals surface area (Å²) >= 11 is 0. The molecule has 2 heteroatoms. The van der Waals surface area contributed by atoms with E-state index in [1.54, 1.807) is 0 Å². The van der Waals surface area contributed by atoms with Gasteiger partial charge in [-0.3, -0.25) is 0 Å². The standard InChI is InChI=1S/C37H24N2/c1-2-10-23-22(9-1)21-32-24(23)19-20-27(30-15-7-13-28-25-11-3-5-17-33(25)38-36(28)30)35(32)31-16-8-14-29-26-12-4-6-18-34(26)39-37(29)31/h1-20,38-39H,21H2. The molecule has 0 atom stereocenters. The van der Waals surface area contributed by atoms with Crippen molar-refractivity contribution in [2.24, 2.45) is 0 Å². The largest absolute Gasteiger partial charge is 0.354 e. The second-order valence-corrected chi connectivity index (χ2v) is 10.6. The first kappa shape index (κ1) is 20.9. The van der Waals surface area contributed by atoms with E-state index in [0.29, 0.717) is 0 Å². The van der Waals surface area contributed by atoms with Gasteiger partial charge >= 0.3 is 0 Å². The van der Waals surface area contributed by atoms with E-state index in [-0.39, 0.29) is 0 Å². The van der Waals surface area contributed by atoms with Crippen molar-refractivity contribution in [1.82, 2.24) is 9.97 Å². The van der Waals surface area contributed by atoms with Gasteiger partial charge in [0.25, 0.3) is 0 Å². The van der Waals surface area contributed by atoms with Crippen LogP contribution in [0.3, 0.4) is 0 Å². The second kappa shape index (κ2) is 7.72. The number of para-hydroxylation sites is 4. The Bertz CT molecular complexity index is 2260. The molecule has 2 nitrogen and oxygen atoms in total. The van der Waals surface area contributed by atoms with Gasteiger partial charge < -0.3 is 9.97 Å². The van der Waals surface area contributed by atoms with Gasteiger partial charge in [-0.1, -0.05) is 109 Å². The van der Waals surface area contributed by atoms with Crippen LogP contribution in [0.25, 0.3) is 77.0 Å². The molecule has 8 aromatic rings. The first-order valence-corrected chi connectivity index (χ1v) is 13.6. The van der Waals surface area contributed by atoms with Crippen LogP contribution in [0.15, 0.2) is 121 Å². The predicted octanol–water partition coefficient (Wildman–Crippen LogP) is 9.86. The molecule has 0 unspecified atom stereocenters. The number of aromatic nitrogens is 2. The lowest BCUT2D eigenvalue weighted by molar-refractivity contribution is 1.26. The monoisotopic (exact) mass is 496 g/mol. The molecule has 6 aromatic carbocycles. The molecule has 0 saturated carbocycles. The third kappa shape index (κ3) is 2.86. The molecule has 0 spiro atoms. The summed E-state index contributed by atoms with van der Waals surface area (Å²) in [5.74, 6) is 0. The van der Waals surface area contributed by atoms with Crippen molar-refractivity contribution < 1.29 is 0 Å². The number of H-pyrrole nitrogens is 2. The van der Waals surface area contributed by atoms with Gasteiger partial charge in [0, 0.05) is 43.7 Å². The predicted molar refractivity (Wildman–Crippen MR) is 164 cm³/mol. The fourth-order valence-electron chi connectivity index (χ4n) is 6.92. The number of nitrogens with one attached hydrogen (secondary N) is 2. The molecular formula is C37H24N2. The molecule has 0 saturated heterocycles. The SMILES string of the molecule is c1ccc2c(c1)Cc1c-2ccc(-c2cccc3c2[nH]c2ccccc23)c1-c1cccc2c1[nH]c1ccccc12. The highest BCUT2D eigenvalue weighted by Crippen LogP contribution is 2.49. The fourth-order valence-corrected chi connectivity index (χ4v) is 6.92. The van der Waals surface area contributed by atoms with E-state index in [4.69, 9.17) is 0 Å². The fraction of sp³-hybridized carbons (Fsp3) is 0.0270. The van der Waals surface area contributed by atoms with Gasteiger partial charge in [-0.2, -0.15) is 0 Å². The lowest BCUT2D eigenvalue weighted by Gasteiger charge is -2.17. The minimum absolute atomic E-state index is 0.938. The molecule has 1 aliphatic carbocycles. The van der Waals surface area contributed by atoms with Gasteiger partial charge in [0.15, 0.2) is 0 Å². The molecule has 2 N–H and O–H groups in total. The Hall–Kier alpha value is -5.08. The zero-order valence-electron chi connectivity index (χ0n) is 21.3. The molecule has 39 heavy (non-hydrogen) atoms. The van der Waals surface area contributed by atoms with E-state index < -0.39 is 0 Å². The zero-order chi connectivity index (χ0) is 25.5. The normalized spacial score (nSPS) is 12.5. The number of aromatic amines is 2. The van der Waals surface area contributed by atoms with Crippen LogP contribution in [0.1, 0.15) is 11.1 Å². The van der Waals surface area contributed by atoms with Crippen molar-refractivity contribution in [1.29, 1.82) is 0 Å². The van der Waals surface area contributed by atoms with Gasteiger partial charge in [-0.25, -0.2) is 0 Å². The maximum Gasteiger partial charge on any atom is 0.0544 e. The van der Waals surface area contributed by atoms with Gasteiger partial charge in [-0.05, 0) is 51.9 Å². The summed E-state index contributed by atoms with van der Waals surface area (Å²) < 4.78 is 0. The van der Waals surface area contributed by atoms with E-state index in [1.165, 1.54) is 88.1 Å². The first-order chi connectivity index (χ1) is 19.3. The summed E-state index contributed by atoms with van der Waals surface area (Å²) in [6.07, 6.45) is 0.938. The van der Waals surface area contributed by atoms with Crippen LogP contribution in [-0.4, -0.2) is 9.97 Å². The molecule has 9 rings (SSSR count). The Morgan fingerprint density at radius 2 is 0.923 bits per heavy atom. The minimum atomic E-state index is 0.938. The molecular weight excluding hydrogens is 472 g/mol. The Balaban J connectivity index is 1.42. The molecule has 0 bridgehead atoms. The average Bonchev–Trinajstić information content (AvgIpc) is 3.68. The van der Waals surface area contributed by atoms with Crippen LogP contribution in [0.4, 0.5) is 0 Å². The van der Waals surface area contributed by atoms with Crippen LogP contribution in [-0.2, 0) is 6.42 Å². The van der Waals surface area contributed by atoms with E-state index in [9.17, 15) is 0 Å². The van der Waals surface area contributed by atoms with Crippen LogP contribution in [0.2, 0.25) is 0 Å². The number of fused-ring (bicyclic) bond motifs is 9. The zero-order valence-corrected chi connectivity index (χ0v) is 21.3. The van der Waals surface area contributed by atoms with E-state index in [1.807, 2.05) is 0 Å². The van der Waals surface area contributed by atoms with Crippen LogP contribution in [0.5, 0.6) is 0 Å². The maximum absolute atomic E-state index is 3.79. The molecule has 2 aromatic heterocycles. The molecule has 1 aliphatic rings. The molecule has 0 fully saturated rings. The summed E-state index contributed by atoms with van der Waals surface area (Å²) in [6.45, 7) is 0. The lowest BCUT2D eigenvalue weighted by Crippen LogP contribution is -1.94. The van der Waals surface area contributed by atoms with Crippen LogP contribution >= 0.6 is 0 Å². The lowest BCUT2D eigenvalue weighted by atomic mass is 9.86. The van der Waals surface area contributed by atoms with Crippen molar-refractivity contribution >= 4 is 43.6 Å². The second-order valence-electron chi connectivity index (χ2n) is 10.6. The topological polar surface area (TPSA) is 31.6 Å². The number of rotatable bonds is 2. The van der Waals surface area contributed by atoms with Gasteiger partial charge in [-0.15, -0.1) is 0 Å². The molecule has 0 radical (unpaired) electrons. The van der Waals surface area contributed by atoms with E-state index >= 15 is 0 Å². The Morgan fingerprint density at radius 3 is 1.67 bits per heavy atom. The molecule has 2 heterocycles. The highest BCUT2D eigenvalue weighted by molar-refractivity contribution is 6.16. The number of hydrogen-bond acceptors (Lipinski definition) is 0. The van der Waals surface area contributed by atoms with Crippen molar-refractivity contribution in [2.75, 3.05) is 0 Å². The minimum Gasteiger partial charge on any atom is -0.354 e. The summed E-state index contributed by atoms with van der Waals surface area (Å²) in [7, 11) is 0. The molecule has 0 aliphatic heterocycles. The average molecular weight is 497 g/mol. The molecule has 182 valence electrons. The highest BCUT2D eigenvalue weighted by atomic mass is 14.7. The smallest absolute Gasteiger partial charge is 0.0544 e. The van der Waals surface area contributed by atoms with Crippen molar-refractivity contribution in [2.45, 2.75) is 6.42 Å². The number of benzene rings is 6. The quantitative estimate of drug-likeness (QED) is 0.239. The Labute approximate surface area is 225 Å². The summed E-state index contributed by atoms with van der Waals surface area (Å²) in [5, 5.41) is 5.07. The van der Waals surface area contributed by atoms with Crippen LogP contribution < -0.4 is 0 Å². The van der Waals surface area contributed by atoms with Crippen molar-refractivity contribution in [3.63, 3.8) is 0 Å².